The summed E-state index contributed by atoms with van der Waals surface area (Å²) in [5.41, 5.74) is 2.41. The van der Waals surface area contributed by atoms with Gasteiger partial charge in [0.05, 0.1) is 6.61 Å². The molecule has 0 aliphatic rings. The van der Waals surface area contributed by atoms with Crippen LogP contribution in [0, 0.1) is 6.92 Å². The highest BCUT2D eigenvalue weighted by atomic mass is 16.5. The largest absolute Gasteiger partial charge is 0.377 e. The molecule has 2 aromatic heterocycles. The summed E-state index contributed by atoms with van der Waals surface area (Å²) in [4.78, 5) is 32.5. The van der Waals surface area contributed by atoms with Gasteiger partial charge in [-0.05, 0) is 25.0 Å². The van der Waals surface area contributed by atoms with Gasteiger partial charge in [-0.2, -0.15) is 9.50 Å². The van der Waals surface area contributed by atoms with Gasteiger partial charge in [0, 0.05) is 24.9 Å². The summed E-state index contributed by atoms with van der Waals surface area (Å²) in [6, 6.07) is 9.28. The van der Waals surface area contributed by atoms with E-state index in [4.69, 9.17) is 4.74 Å². The number of nitrogens with zero attached hydrogens (tertiary/aromatic N) is 4. The van der Waals surface area contributed by atoms with Crippen molar-refractivity contribution in [1.82, 2.24) is 24.5 Å². The average Bonchev–Trinajstić information content (AvgIpc) is 3.01. The van der Waals surface area contributed by atoms with Gasteiger partial charge in [0.15, 0.2) is 0 Å². The lowest BCUT2D eigenvalue weighted by atomic mass is 10.1. The molecule has 0 saturated carbocycles. The quantitative estimate of drug-likeness (QED) is 0.684. The van der Waals surface area contributed by atoms with E-state index in [1.807, 2.05) is 31.2 Å². The van der Waals surface area contributed by atoms with Gasteiger partial charge >= 0.3 is 0 Å². The van der Waals surface area contributed by atoms with Crippen LogP contribution in [0.3, 0.4) is 0 Å². The predicted molar refractivity (Wildman–Crippen MR) is 95.6 cm³/mol. The summed E-state index contributed by atoms with van der Waals surface area (Å²) in [5.74, 6) is 0.0721. The molecule has 0 aliphatic carbocycles. The Hall–Kier alpha value is -3.00. The molecule has 1 N–H and O–H groups in total. The molecule has 0 aliphatic heterocycles. The van der Waals surface area contributed by atoms with Crippen LogP contribution in [0.25, 0.3) is 5.78 Å². The Balaban J connectivity index is 1.60. The van der Waals surface area contributed by atoms with Crippen LogP contribution in [0.2, 0.25) is 0 Å². The minimum atomic E-state index is -0.261. The lowest BCUT2D eigenvalue weighted by Crippen LogP contribution is -2.30. The van der Waals surface area contributed by atoms with Gasteiger partial charge in [-0.25, -0.2) is 4.98 Å². The first-order valence-corrected chi connectivity index (χ1v) is 8.41. The van der Waals surface area contributed by atoms with Crippen molar-refractivity contribution in [3.05, 3.63) is 63.8 Å². The zero-order chi connectivity index (χ0) is 18.5. The van der Waals surface area contributed by atoms with Gasteiger partial charge in [0.1, 0.15) is 12.9 Å². The molecule has 2 heterocycles. The van der Waals surface area contributed by atoms with Gasteiger partial charge in [-0.3, -0.25) is 14.3 Å². The van der Waals surface area contributed by atoms with Gasteiger partial charge < -0.3 is 10.1 Å². The number of carbonyl (C=O) groups excluding carboxylic acids is 1. The van der Waals surface area contributed by atoms with Crippen LogP contribution in [-0.4, -0.2) is 31.7 Å². The molecule has 0 saturated heterocycles. The first kappa shape index (κ1) is 17.8. The Morgan fingerprint density at radius 2 is 1.96 bits per heavy atom. The predicted octanol–water partition coefficient (Wildman–Crippen LogP) is 1.05. The summed E-state index contributed by atoms with van der Waals surface area (Å²) in [6.07, 6.45) is 1.44. The molecule has 136 valence electrons. The zero-order valence-electron chi connectivity index (χ0n) is 14.8. The third-order valence-corrected chi connectivity index (χ3v) is 3.86. The summed E-state index contributed by atoms with van der Waals surface area (Å²) < 4.78 is 8.09. The van der Waals surface area contributed by atoms with E-state index in [2.05, 4.69) is 15.3 Å². The first-order chi connectivity index (χ1) is 12.6. The van der Waals surface area contributed by atoms with Crippen molar-refractivity contribution in [2.45, 2.75) is 33.5 Å². The standard InChI is InChI=1S/C18H21N5O3/c1-3-26-11-15-6-4-14(5-7-15)9-19-16(24)10-22-12-20-18-21-13(2)8-17(25)23(18)22/h4-8,12H,3,9-11H2,1-2H3,(H,19,24). The van der Waals surface area contributed by atoms with Crippen LogP contribution in [0.15, 0.2) is 41.5 Å². The van der Waals surface area contributed by atoms with E-state index in [1.54, 1.807) is 6.92 Å². The van der Waals surface area contributed by atoms with Crippen molar-refractivity contribution in [2.75, 3.05) is 6.61 Å². The number of amides is 1. The monoisotopic (exact) mass is 355 g/mol. The fraction of sp³-hybridized carbons (Fsp3) is 0.333. The fourth-order valence-corrected chi connectivity index (χ4v) is 2.56. The molecule has 8 nitrogen and oxygen atoms in total. The first-order valence-electron chi connectivity index (χ1n) is 8.41. The number of nitrogens with one attached hydrogen (secondary N) is 1. The normalized spacial score (nSPS) is 11.0. The van der Waals surface area contributed by atoms with Crippen LogP contribution in [-0.2, 0) is 29.2 Å². The minimum Gasteiger partial charge on any atom is -0.377 e. The highest BCUT2D eigenvalue weighted by Gasteiger charge is 2.10. The van der Waals surface area contributed by atoms with E-state index in [0.717, 1.165) is 11.1 Å². The number of hydrogen-bond acceptors (Lipinski definition) is 5. The van der Waals surface area contributed by atoms with E-state index in [9.17, 15) is 9.59 Å². The van der Waals surface area contributed by atoms with E-state index in [-0.39, 0.29) is 23.8 Å². The molecule has 3 rings (SSSR count). The highest BCUT2D eigenvalue weighted by molar-refractivity contribution is 5.75. The van der Waals surface area contributed by atoms with Crippen molar-refractivity contribution in [1.29, 1.82) is 0 Å². The second-order valence-corrected chi connectivity index (χ2v) is 5.92. The van der Waals surface area contributed by atoms with Crippen LogP contribution in [0.1, 0.15) is 23.7 Å². The smallest absolute Gasteiger partial charge is 0.274 e. The summed E-state index contributed by atoms with van der Waals surface area (Å²) in [5, 5.41) is 2.84. The van der Waals surface area contributed by atoms with Crippen molar-refractivity contribution in [3.63, 3.8) is 0 Å². The summed E-state index contributed by atoms with van der Waals surface area (Å²) in [7, 11) is 0. The van der Waals surface area contributed by atoms with Gasteiger partial charge in [-0.1, -0.05) is 24.3 Å². The molecule has 0 fully saturated rings. The molecular weight excluding hydrogens is 334 g/mol. The molecule has 0 spiro atoms. The topological polar surface area (TPSA) is 90.5 Å². The van der Waals surface area contributed by atoms with Crippen LogP contribution < -0.4 is 10.9 Å². The molecule has 26 heavy (non-hydrogen) atoms. The lowest BCUT2D eigenvalue weighted by Gasteiger charge is -2.08. The van der Waals surface area contributed by atoms with E-state index in [0.29, 0.717) is 25.5 Å². The average molecular weight is 355 g/mol. The highest BCUT2D eigenvalue weighted by Crippen LogP contribution is 2.06. The van der Waals surface area contributed by atoms with Crippen LogP contribution >= 0.6 is 0 Å². The number of hydrogen-bond donors (Lipinski definition) is 1. The second-order valence-electron chi connectivity index (χ2n) is 5.92. The molecule has 0 bridgehead atoms. The summed E-state index contributed by atoms with van der Waals surface area (Å²) >= 11 is 0. The molecule has 1 amide bonds. The minimum absolute atomic E-state index is 0.0103. The molecule has 0 radical (unpaired) electrons. The maximum absolute atomic E-state index is 12.2. The number of fused-ring (bicyclic) bond motifs is 1. The van der Waals surface area contributed by atoms with Crippen molar-refractivity contribution in [2.24, 2.45) is 0 Å². The maximum Gasteiger partial charge on any atom is 0.274 e. The Labute approximate surface area is 150 Å². The lowest BCUT2D eigenvalue weighted by molar-refractivity contribution is -0.122. The molecular formula is C18H21N5O3. The Morgan fingerprint density at radius 1 is 1.23 bits per heavy atom. The van der Waals surface area contributed by atoms with Crippen LogP contribution in [0.4, 0.5) is 0 Å². The van der Waals surface area contributed by atoms with Crippen LogP contribution in [0.5, 0.6) is 0 Å². The number of carbonyl (C=O) groups is 1. The molecule has 8 heteroatoms. The van der Waals surface area contributed by atoms with E-state index in [1.165, 1.54) is 21.6 Å². The van der Waals surface area contributed by atoms with Crippen molar-refractivity contribution >= 4 is 11.7 Å². The third-order valence-electron chi connectivity index (χ3n) is 3.86. The van der Waals surface area contributed by atoms with Gasteiger partial charge in [0.25, 0.3) is 11.3 Å². The summed E-state index contributed by atoms with van der Waals surface area (Å²) in [6.45, 7) is 5.35. The zero-order valence-corrected chi connectivity index (χ0v) is 14.8. The number of rotatable bonds is 7. The molecule has 3 aromatic rings. The molecule has 0 atom stereocenters. The number of benzene rings is 1. The SMILES string of the molecule is CCOCc1ccc(CNC(=O)Cn2cnc3nc(C)cc(=O)n32)cc1. The van der Waals surface area contributed by atoms with E-state index >= 15 is 0 Å². The third kappa shape index (κ3) is 4.15. The number of aryl methyl sites for hydroxylation is 1. The van der Waals surface area contributed by atoms with Gasteiger partial charge in [0.2, 0.25) is 5.91 Å². The molecule has 1 aromatic carbocycles. The maximum atomic E-state index is 12.2. The van der Waals surface area contributed by atoms with Crippen molar-refractivity contribution in [3.8, 4) is 0 Å². The number of ether oxygens (including phenoxy) is 1. The Kier molecular flexibility index (Phi) is 5.43. The Morgan fingerprint density at radius 3 is 2.69 bits per heavy atom. The van der Waals surface area contributed by atoms with Gasteiger partial charge in [-0.15, -0.1) is 0 Å². The molecule has 0 unspecified atom stereocenters. The Bertz CT molecular complexity index is 959. The number of aromatic nitrogens is 4. The van der Waals surface area contributed by atoms with Crippen molar-refractivity contribution < 1.29 is 9.53 Å². The fourth-order valence-electron chi connectivity index (χ4n) is 2.56. The van der Waals surface area contributed by atoms with E-state index < -0.39 is 0 Å². The second kappa shape index (κ2) is 7.92.